The number of nitrogens with zero attached hydrogens (tertiary/aromatic N) is 1. The van der Waals surface area contributed by atoms with Crippen LogP contribution in [0.15, 0.2) is 42.5 Å². The molecule has 1 N–H and O–H groups in total. The topological polar surface area (TPSA) is 60.0 Å². The number of fused-ring (bicyclic) bond motifs is 1. The van der Waals surface area contributed by atoms with E-state index in [1.807, 2.05) is 49.4 Å². The third-order valence-electron chi connectivity index (χ3n) is 4.04. The Morgan fingerprint density at radius 3 is 2.62 bits per heavy atom. The second kappa shape index (κ2) is 8.47. The second-order valence-electron chi connectivity index (χ2n) is 6.23. The molecule has 2 aromatic carbocycles. The van der Waals surface area contributed by atoms with Crippen LogP contribution in [0.25, 0.3) is 0 Å². The monoisotopic (exact) mass is 356 g/mol. The highest BCUT2D eigenvalue weighted by Crippen LogP contribution is 2.31. The smallest absolute Gasteiger partial charge is 0.317 e. The van der Waals surface area contributed by atoms with Crippen molar-refractivity contribution >= 4 is 6.03 Å². The van der Waals surface area contributed by atoms with E-state index in [9.17, 15) is 4.79 Å². The van der Waals surface area contributed by atoms with Crippen LogP contribution in [0.2, 0.25) is 0 Å². The lowest BCUT2D eigenvalue weighted by Gasteiger charge is -2.21. The van der Waals surface area contributed by atoms with Gasteiger partial charge in [0.1, 0.15) is 25.6 Å². The minimum atomic E-state index is -0.146. The van der Waals surface area contributed by atoms with Gasteiger partial charge in [-0.15, -0.1) is 0 Å². The van der Waals surface area contributed by atoms with Crippen LogP contribution in [-0.2, 0) is 6.54 Å². The first-order valence-electron chi connectivity index (χ1n) is 8.69. The average Bonchev–Trinajstić information content (AvgIpc) is 2.66. The van der Waals surface area contributed by atoms with Gasteiger partial charge in [-0.2, -0.15) is 0 Å². The lowest BCUT2D eigenvalue weighted by atomic mass is 10.2. The van der Waals surface area contributed by atoms with Gasteiger partial charge in [-0.05, 0) is 36.8 Å². The van der Waals surface area contributed by atoms with E-state index < -0.39 is 0 Å². The maximum atomic E-state index is 12.2. The lowest BCUT2D eigenvalue weighted by molar-refractivity contribution is 0.171. The molecule has 6 heteroatoms. The van der Waals surface area contributed by atoms with Gasteiger partial charge in [0.15, 0.2) is 11.5 Å². The van der Waals surface area contributed by atoms with Gasteiger partial charge < -0.3 is 24.4 Å². The predicted octanol–water partition coefficient (Wildman–Crippen LogP) is 2.99. The van der Waals surface area contributed by atoms with E-state index in [1.165, 1.54) is 5.56 Å². The van der Waals surface area contributed by atoms with Crippen molar-refractivity contribution in [1.29, 1.82) is 0 Å². The number of carbonyl (C=O) groups is 1. The first-order chi connectivity index (χ1) is 12.6. The van der Waals surface area contributed by atoms with E-state index in [2.05, 4.69) is 5.32 Å². The number of ether oxygens (including phenoxy) is 3. The van der Waals surface area contributed by atoms with E-state index >= 15 is 0 Å². The first kappa shape index (κ1) is 17.9. The van der Waals surface area contributed by atoms with E-state index in [4.69, 9.17) is 14.2 Å². The molecule has 0 saturated heterocycles. The molecule has 0 aliphatic carbocycles. The molecule has 0 radical (unpaired) electrons. The number of hydrogen-bond donors (Lipinski definition) is 1. The van der Waals surface area contributed by atoms with Gasteiger partial charge in [-0.1, -0.05) is 23.8 Å². The Morgan fingerprint density at radius 1 is 1.12 bits per heavy atom. The van der Waals surface area contributed by atoms with E-state index in [1.54, 1.807) is 11.9 Å². The van der Waals surface area contributed by atoms with Crippen molar-refractivity contribution in [3.05, 3.63) is 53.6 Å². The second-order valence-corrected chi connectivity index (χ2v) is 6.23. The summed E-state index contributed by atoms with van der Waals surface area (Å²) < 4.78 is 16.7. The quantitative estimate of drug-likeness (QED) is 0.809. The Hall–Kier alpha value is -2.89. The molecule has 0 spiro atoms. The standard InChI is InChI=1S/C20H24N2O4/c1-15-3-6-17(7-4-15)24-10-9-21-20(23)22(2)14-16-5-8-18-19(13-16)26-12-11-25-18/h3-8,13H,9-12,14H2,1-2H3,(H,21,23). The van der Waals surface area contributed by atoms with Gasteiger partial charge in [0.2, 0.25) is 0 Å². The molecule has 2 amide bonds. The molecule has 0 aromatic heterocycles. The number of amides is 2. The van der Waals surface area contributed by atoms with Crippen molar-refractivity contribution in [1.82, 2.24) is 10.2 Å². The fourth-order valence-electron chi connectivity index (χ4n) is 2.63. The summed E-state index contributed by atoms with van der Waals surface area (Å²) in [5, 5.41) is 2.85. The van der Waals surface area contributed by atoms with Crippen molar-refractivity contribution in [3.63, 3.8) is 0 Å². The highest BCUT2D eigenvalue weighted by molar-refractivity contribution is 5.73. The van der Waals surface area contributed by atoms with Crippen LogP contribution < -0.4 is 19.5 Å². The molecule has 1 aliphatic heterocycles. The van der Waals surface area contributed by atoms with E-state index in [0.29, 0.717) is 32.9 Å². The largest absolute Gasteiger partial charge is 0.492 e. The SMILES string of the molecule is Cc1ccc(OCCNC(=O)N(C)Cc2ccc3c(c2)OCCO3)cc1. The van der Waals surface area contributed by atoms with Gasteiger partial charge >= 0.3 is 6.03 Å². The average molecular weight is 356 g/mol. The van der Waals surface area contributed by atoms with Gasteiger partial charge in [0.05, 0.1) is 6.54 Å². The van der Waals surface area contributed by atoms with Crippen molar-refractivity contribution < 1.29 is 19.0 Å². The zero-order chi connectivity index (χ0) is 18.4. The molecule has 3 rings (SSSR count). The summed E-state index contributed by atoms with van der Waals surface area (Å²) in [5.41, 5.74) is 2.18. The Kier molecular flexibility index (Phi) is 5.84. The van der Waals surface area contributed by atoms with Crippen LogP contribution in [-0.4, -0.2) is 44.3 Å². The zero-order valence-corrected chi connectivity index (χ0v) is 15.2. The molecule has 0 bridgehead atoms. The third-order valence-corrected chi connectivity index (χ3v) is 4.04. The van der Waals surface area contributed by atoms with Gasteiger partial charge in [-0.3, -0.25) is 0 Å². The highest BCUT2D eigenvalue weighted by atomic mass is 16.6. The molecule has 0 fully saturated rings. The van der Waals surface area contributed by atoms with Crippen LogP contribution in [0, 0.1) is 6.92 Å². The molecule has 1 heterocycles. The lowest BCUT2D eigenvalue weighted by Crippen LogP contribution is -2.38. The fraction of sp³-hybridized carbons (Fsp3) is 0.350. The van der Waals surface area contributed by atoms with Crippen molar-refractivity contribution in [2.24, 2.45) is 0 Å². The molecule has 1 aliphatic rings. The number of benzene rings is 2. The summed E-state index contributed by atoms with van der Waals surface area (Å²) in [6.45, 7) is 4.50. The zero-order valence-electron chi connectivity index (χ0n) is 15.2. The molecule has 0 atom stereocenters. The highest BCUT2D eigenvalue weighted by Gasteiger charge is 2.14. The van der Waals surface area contributed by atoms with Crippen LogP contribution >= 0.6 is 0 Å². The minimum Gasteiger partial charge on any atom is -0.492 e. The summed E-state index contributed by atoms with van der Waals surface area (Å²) in [4.78, 5) is 13.8. The van der Waals surface area contributed by atoms with Crippen molar-refractivity contribution in [2.75, 3.05) is 33.4 Å². The predicted molar refractivity (Wildman–Crippen MR) is 99.0 cm³/mol. The summed E-state index contributed by atoms with van der Waals surface area (Å²) in [6.07, 6.45) is 0. The molecule has 138 valence electrons. The normalized spacial score (nSPS) is 12.4. The maximum Gasteiger partial charge on any atom is 0.317 e. The molecular formula is C20H24N2O4. The maximum absolute atomic E-state index is 12.2. The van der Waals surface area contributed by atoms with Crippen molar-refractivity contribution in [2.45, 2.75) is 13.5 Å². The first-order valence-corrected chi connectivity index (χ1v) is 8.69. The molecule has 26 heavy (non-hydrogen) atoms. The summed E-state index contributed by atoms with van der Waals surface area (Å²) >= 11 is 0. The third kappa shape index (κ3) is 4.81. The fourth-order valence-corrected chi connectivity index (χ4v) is 2.63. The number of nitrogens with one attached hydrogen (secondary N) is 1. The van der Waals surface area contributed by atoms with Gasteiger partial charge in [-0.25, -0.2) is 4.79 Å². The summed E-state index contributed by atoms with van der Waals surface area (Å²) in [6, 6.07) is 13.4. The molecule has 6 nitrogen and oxygen atoms in total. The van der Waals surface area contributed by atoms with Gasteiger partial charge in [0.25, 0.3) is 0 Å². The number of hydrogen-bond acceptors (Lipinski definition) is 4. The number of aryl methyl sites for hydroxylation is 1. The van der Waals surface area contributed by atoms with Crippen LogP contribution in [0.4, 0.5) is 4.79 Å². The Morgan fingerprint density at radius 2 is 1.85 bits per heavy atom. The molecular weight excluding hydrogens is 332 g/mol. The van der Waals surface area contributed by atoms with Crippen LogP contribution in [0.1, 0.15) is 11.1 Å². The number of carbonyl (C=O) groups excluding carboxylic acids is 1. The summed E-state index contributed by atoms with van der Waals surface area (Å²) in [7, 11) is 1.76. The van der Waals surface area contributed by atoms with E-state index in [-0.39, 0.29) is 6.03 Å². The van der Waals surface area contributed by atoms with Crippen molar-refractivity contribution in [3.8, 4) is 17.2 Å². The molecule has 0 saturated carbocycles. The number of urea groups is 1. The molecule has 0 unspecified atom stereocenters. The van der Waals surface area contributed by atoms with E-state index in [0.717, 1.165) is 22.8 Å². The molecule has 2 aromatic rings. The Labute approximate surface area is 153 Å². The Balaban J connectivity index is 1.42. The summed E-state index contributed by atoms with van der Waals surface area (Å²) in [5.74, 6) is 2.28. The minimum absolute atomic E-state index is 0.146. The van der Waals surface area contributed by atoms with Gasteiger partial charge in [0, 0.05) is 13.6 Å². The Bertz CT molecular complexity index is 746. The van der Waals surface area contributed by atoms with Crippen LogP contribution in [0.5, 0.6) is 17.2 Å². The van der Waals surface area contributed by atoms with Crippen LogP contribution in [0.3, 0.4) is 0 Å². The number of rotatable bonds is 6.